The normalized spacial score (nSPS) is 22.8. The Balaban J connectivity index is 2.13. The molecular formula is C16H23ClN2. The fourth-order valence-electron chi connectivity index (χ4n) is 3.14. The maximum absolute atomic E-state index is 6.15. The van der Waals surface area contributed by atoms with E-state index in [1.54, 1.807) is 0 Å². The summed E-state index contributed by atoms with van der Waals surface area (Å²) in [6, 6.07) is 8.19. The van der Waals surface area contributed by atoms with Crippen molar-refractivity contribution in [3.63, 3.8) is 0 Å². The number of benzene rings is 1. The van der Waals surface area contributed by atoms with Gasteiger partial charge in [0.05, 0.1) is 6.04 Å². The molecule has 0 unspecified atom stereocenters. The average Bonchev–Trinajstić information content (AvgIpc) is 2.23. The molecule has 0 aromatic heterocycles. The minimum Gasteiger partial charge on any atom is -0.307 e. The zero-order valence-corrected chi connectivity index (χ0v) is 13.0. The third-order valence-electron chi connectivity index (χ3n) is 3.50. The summed E-state index contributed by atoms with van der Waals surface area (Å²) in [6.07, 6.45) is 4.03. The molecule has 0 saturated carbocycles. The van der Waals surface area contributed by atoms with Crippen LogP contribution in [0.5, 0.6) is 0 Å². The second kappa shape index (κ2) is 5.26. The van der Waals surface area contributed by atoms with Gasteiger partial charge in [-0.3, -0.25) is 4.99 Å². The molecule has 0 aliphatic carbocycles. The molecular weight excluding hydrogens is 256 g/mol. The number of rotatable bonds is 2. The van der Waals surface area contributed by atoms with Gasteiger partial charge in [0.2, 0.25) is 0 Å². The Morgan fingerprint density at radius 3 is 2.32 bits per heavy atom. The van der Waals surface area contributed by atoms with Gasteiger partial charge in [-0.25, -0.2) is 0 Å². The number of nitrogens with zero attached hydrogens (tertiary/aromatic N) is 1. The zero-order chi connectivity index (χ0) is 14.1. The average molecular weight is 279 g/mol. The monoisotopic (exact) mass is 278 g/mol. The first-order valence-corrected chi connectivity index (χ1v) is 7.22. The van der Waals surface area contributed by atoms with E-state index in [4.69, 9.17) is 16.6 Å². The summed E-state index contributed by atoms with van der Waals surface area (Å²) in [7, 11) is 0. The molecule has 1 saturated heterocycles. The van der Waals surface area contributed by atoms with Crippen molar-refractivity contribution >= 4 is 17.8 Å². The van der Waals surface area contributed by atoms with Gasteiger partial charge in [-0.2, -0.15) is 0 Å². The van der Waals surface area contributed by atoms with Crippen LogP contribution in [0.1, 0.15) is 46.1 Å². The molecule has 19 heavy (non-hydrogen) atoms. The lowest BCUT2D eigenvalue weighted by atomic mass is 9.80. The summed E-state index contributed by atoms with van der Waals surface area (Å²) in [5, 5.41) is 4.43. The molecule has 3 heteroatoms. The van der Waals surface area contributed by atoms with Gasteiger partial charge in [0.25, 0.3) is 0 Å². The van der Waals surface area contributed by atoms with Gasteiger partial charge in [0.1, 0.15) is 0 Å². The Bertz CT molecular complexity index is 461. The summed E-state index contributed by atoms with van der Waals surface area (Å²) in [5.41, 5.74) is 1.26. The molecule has 0 bridgehead atoms. The molecule has 0 spiro atoms. The molecule has 2 nitrogen and oxygen atoms in total. The highest BCUT2D eigenvalue weighted by atomic mass is 35.5. The number of halogens is 1. The summed E-state index contributed by atoms with van der Waals surface area (Å²) in [4.78, 5) is 4.76. The highest BCUT2D eigenvalue weighted by Gasteiger charge is 2.37. The van der Waals surface area contributed by atoms with Gasteiger partial charge in [0.15, 0.2) is 0 Å². The van der Waals surface area contributed by atoms with Crippen LogP contribution in [0.25, 0.3) is 0 Å². The quantitative estimate of drug-likeness (QED) is 0.811. The maximum Gasteiger partial charge on any atom is 0.0534 e. The highest BCUT2D eigenvalue weighted by Crippen LogP contribution is 2.30. The van der Waals surface area contributed by atoms with Crippen molar-refractivity contribution in [2.45, 2.75) is 57.7 Å². The Labute approximate surface area is 121 Å². The second-order valence-electron chi connectivity index (χ2n) is 6.75. The van der Waals surface area contributed by atoms with Crippen molar-refractivity contribution in [3.05, 3.63) is 34.9 Å². The van der Waals surface area contributed by atoms with Crippen molar-refractivity contribution in [2.75, 3.05) is 0 Å². The standard InChI is InChI=1S/C16H23ClN2/c1-15(2)9-13(10-16(3,4)19-15)18-11-12-7-5-6-8-14(12)17/h5-8,11,13,19H,9-10H2,1-4H3. The number of hydrogen-bond acceptors (Lipinski definition) is 2. The molecule has 1 heterocycles. The van der Waals surface area contributed by atoms with Crippen LogP contribution in [0.15, 0.2) is 29.3 Å². The van der Waals surface area contributed by atoms with Crippen LogP contribution >= 0.6 is 11.6 Å². The van der Waals surface area contributed by atoms with Crippen LogP contribution in [-0.2, 0) is 0 Å². The lowest BCUT2D eigenvalue weighted by Crippen LogP contribution is -2.58. The zero-order valence-electron chi connectivity index (χ0n) is 12.2. The summed E-state index contributed by atoms with van der Waals surface area (Å²) in [6.45, 7) is 8.97. The molecule has 0 amide bonds. The number of nitrogens with one attached hydrogen (secondary N) is 1. The van der Waals surface area contributed by atoms with Crippen LogP contribution in [0.2, 0.25) is 5.02 Å². The minimum atomic E-state index is 0.129. The molecule has 1 aliphatic heterocycles. The summed E-state index contributed by atoms with van der Waals surface area (Å²) >= 11 is 6.15. The van der Waals surface area contributed by atoms with Crippen LogP contribution in [0.3, 0.4) is 0 Å². The smallest absolute Gasteiger partial charge is 0.0534 e. The Morgan fingerprint density at radius 1 is 1.16 bits per heavy atom. The topological polar surface area (TPSA) is 24.4 Å². The number of aliphatic imine (C=N–C) groups is 1. The molecule has 1 N–H and O–H groups in total. The fourth-order valence-corrected chi connectivity index (χ4v) is 3.32. The van der Waals surface area contributed by atoms with E-state index in [2.05, 4.69) is 33.0 Å². The fraction of sp³-hybridized carbons (Fsp3) is 0.562. The SMILES string of the molecule is CC1(C)CC(N=Cc2ccccc2Cl)CC(C)(C)N1. The van der Waals surface area contributed by atoms with E-state index in [1.165, 1.54) is 0 Å². The molecule has 0 radical (unpaired) electrons. The van der Waals surface area contributed by atoms with E-state index < -0.39 is 0 Å². The highest BCUT2D eigenvalue weighted by molar-refractivity contribution is 6.33. The summed E-state index contributed by atoms with van der Waals surface area (Å²) < 4.78 is 0. The van der Waals surface area contributed by atoms with Gasteiger partial charge in [-0.05, 0) is 46.6 Å². The number of hydrogen-bond donors (Lipinski definition) is 1. The van der Waals surface area contributed by atoms with E-state index in [0.717, 1.165) is 23.4 Å². The van der Waals surface area contributed by atoms with Crippen molar-refractivity contribution < 1.29 is 0 Å². The van der Waals surface area contributed by atoms with Crippen molar-refractivity contribution in [3.8, 4) is 0 Å². The molecule has 104 valence electrons. The summed E-state index contributed by atoms with van der Waals surface area (Å²) in [5.74, 6) is 0. The van der Waals surface area contributed by atoms with Crippen LogP contribution in [-0.4, -0.2) is 23.3 Å². The molecule has 0 atom stereocenters. The molecule has 1 aromatic rings. The maximum atomic E-state index is 6.15. The first kappa shape index (κ1) is 14.5. The predicted molar refractivity (Wildman–Crippen MR) is 83.4 cm³/mol. The van der Waals surface area contributed by atoms with Crippen molar-refractivity contribution in [2.24, 2.45) is 4.99 Å². The van der Waals surface area contributed by atoms with Crippen molar-refractivity contribution in [1.29, 1.82) is 0 Å². The van der Waals surface area contributed by atoms with Crippen LogP contribution in [0, 0.1) is 0 Å². The third kappa shape index (κ3) is 4.05. The van der Waals surface area contributed by atoms with Crippen LogP contribution < -0.4 is 5.32 Å². The Hall–Kier alpha value is -0.860. The van der Waals surface area contributed by atoms with E-state index >= 15 is 0 Å². The molecule has 1 fully saturated rings. The largest absolute Gasteiger partial charge is 0.307 e. The lowest BCUT2D eigenvalue weighted by molar-refractivity contribution is 0.164. The number of piperidine rings is 1. The molecule has 1 aliphatic rings. The van der Waals surface area contributed by atoms with E-state index in [9.17, 15) is 0 Å². The van der Waals surface area contributed by atoms with Gasteiger partial charge < -0.3 is 5.32 Å². The van der Waals surface area contributed by atoms with Crippen LogP contribution in [0.4, 0.5) is 0 Å². The van der Waals surface area contributed by atoms with E-state index in [-0.39, 0.29) is 11.1 Å². The van der Waals surface area contributed by atoms with E-state index in [0.29, 0.717) is 6.04 Å². The second-order valence-corrected chi connectivity index (χ2v) is 7.16. The third-order valence-corrected chi connectivity index (χ3v) is 3.84. The molecule has 2 rings (SSSR count). The molecule has 1 aromatic carbocycles. The van der Waals surface area contributed by atoms with Gasteiger partial charge >= 0.3 is 0 Å². The Morgan fingerprint density at radius 2 is 1.74 bits per heavy atom. The van der Waals surface area contributed by atoms with Gasteiger partial charge in [-0.15, -0.1) is 0 Å². The van der Waals surface area contributed by atoms with Crippen molar-refractivity contribution in [1.82, 2.24) is 5.32 Å². The predicted octanol–water partition coefficient (Wildman–Crippen LogP) is 4.07. The lowest BCUT2D eigenvalue weighted by Gasteiger charge is -2.45. The minimum absolute atomic E-state index is 0.129. The Kier molecular flexibility index (Phi) is 4.03. The van der Waals surface area contributed by atoms with Gasteiger partial charge in [0, 0.05) is 27.9 Å². The van der Waals surface area contributed by atoms with Gasteiger partial charge in [-0.1, -0.05) is 29.8 Å². The first-order chi connectivity index (χ1) is 8.77. The first-order valence-electron chi connectivity index (χ1n) is 6.85. The van der Waals surface area contributed by atoms with E-state index in [1.807, 2.05) is 30.5 Å².